The first-order valence-corrected chi connectivity index (χ1v) is 5.67. The molecule has 96 valence electrons. The van der Waals surface area contributed by atoms with Crippen LogP contribution in [0.25, 0.3) is 0 Å². The topological polar surface area (TPSA) is 66.8 Å². The molecule has 0 aromatic heterocycles. The average Bonchev–Trinajstić information content (AvgIpc) is 2.66. The van der Waals surface area contributed by atoms with E-state index in [1.807, 2.05) is 12.1 Å². The molecule has 0 unspecified atom stereocenters. The molecule has 2 rings (SSSR count). The second-order valence-electron chi connectivity index (χ2n) is 4.34. The largest absolute Gasteiger partial charge is 0.496 e. The molecular formula is C13H15NO4. The maximum Gasteiger partial charge on any atom is 0.309 e. The highest BCUT2D eigenvalue weighted by atomic mass is 16.5. The zero-order chi connectivity index (χ0) is 13.3. The molecule has 1 N–H and O–H groups in total. The molecule has 1 heterocycles. The third kappa shape index (κ3) is 1.92. The van der Waals surface area contributed by atoms with Gasteiger partial charge in [0.15, 0.2) is 0 Å². The monoisotopic (exact) mass is 249 g/mol. The lowest BCUT2D eigenvalue weighted by Crippen LogP contribution is -2.27. The van der Waals surface area contributed by atoms with Gasteiger partial charge in [-0.25, -0.2) is 0 Å². The number of methoxy groups -OCH3 is 1. The zero-order valence-electron chi connectivity index (χ0n) is 10.3. The highest BCUT2D eigenvalue weighted by molar-refractivity contribution is 5.87. The lowest BCUT2D eigenvalue weighted by Gasteiger charge is -2.24. The number of nitrogens with zero attached hydrogens (tertiary/aromatic N) is 1. The van der Waals surface area contributed by atoms with Crippen LogP contribution in [-0.2, 0) is 9.59 Å². The van der Waals surface area contributed by atoms with Crippen LogP contribution in [0.15, 0.2) is 24.3 Å². The lowest BCUT2D eigenvalue weighted by atomic mass is 9.93. The number of hydrogen-bond donors (Lipinski definition) is 1. The van der Waals surface area contributed by atoms with Crippen LogP contribution in [0.1, 0.15) is 18.0 Å². The van der Waals surface area contributed by atoms with Crippen molar-refractivity contribution in [2.24, 2.45) is 5.92 Å². The van der Waals surface area contributed by atoms with Crippen molar-refractivity contribution in [3.63, 3.8) is 0 Å². The van der Waals surface area contributed by atoms with Crippen LogP contribution in [0.4, 0.5) is 0 Å². The molecule has 1 fully saturated rings. The summed E-state index contributed by atoms with van der Waals surface area (Å²) in [5.41, 5.74) is 0.737. The summed E-state index contributed by atoms with van der Waals surface area (Å²) in [6.07, 6.45) is 0.0363. The molecule has 0 saturated carbocycles. The molecule has 0 spiro atoms. The standard InChI is InChI=1S/C13H15NO4/c1-14-11(15)7-9(13(16)17)12(14)8-5-3-4-6-10(8)18-2/h3-6,9,12H,7H2,1-2H3,(H,16,17)/t9-,12-/m1/s1. The van der Waals surface area contributed by atoms with Gasteiger partial charge < -0.3 is 14.7 Å². The van der Waals surface area contributed by atoms with Crippen LogP contribution in [0.5, 0.6) is 5.75 Å². The number of ether oxygens (including phenoxy) is 1. The Labute approximate surface area is 105 Å². The number of hydrogen-bond acceptors (Lipinski definition) is 3. The Morgan fingerprint density at radius 2 is 2.11 bits per heavy atom. The minimum Gasteiger partial charge on any atom is -0.496 e. The fraction of sp³-hybridized carbons (Fsp3) is 0.385. The summed E-state index contributed by atoms with van der Waals surface area (Å²) in [6, 6.07) is 6.73. The minimum atomic E-state index is -0.955. The summed E-state index contributed by atoms with van der Waals surface area (Å²) in [5.74, 6) is -1.23. The van der Waals surface area contributed by atoms with Crippen LogP contribution in [0.2, 0.25) is 0 Å². The minimum absolute atomic E-state index is 0.0363. The first-order chi connectivity index (χ1) is 8.56. The highest BCUT2D eigenvalue weighted by Crippen LogP contribution is 2.40. The number of amides is 1. The Morgan fingerprint density at radius 3 is 2.72 bits per heavy atom. The van der Waals surface area contributed by atoms with Crippen LogP contribution >= 0.6 is 0 Å². The Morgan fingerprint density at radius 1 is 1.44 bits per heavy atom. The summed E-state index contributed by atoms with van der Waals surface area (Å²) in [7, 11) is 3.16. The Hall–Kier alpha value is -2.04. The van der Waals surface area contributed by atoms with Crippen LogP contribution in [0, 0.1) is 5.92 Å². The molecule has 0 radical (unpaired) electrons. The van der Waals surface area contributed by atoms with Gasteiger partial charge in [-0.15, -0.1) is 0 Å². The van der Waals surface area contributed by atoms with Gasteiger partial charge in [0.2, 0.25) is 5.91 Å². The summed E-state index contributed by atoms with van der Waals surface area (Å²) < 4.78 is 5.24. The number of para-hydroxylation sites is 1. The van der Waals surface area contributed by atoms with Crippen molar-refractivity contribution in [3.8, 4) is 5.75 Å². The molecule has 1 aromatic carbocycles. The number of benzene rings is 1. The second-order valence-corrected chi connectivity index (χ2v) is 4.34. The van der Waals surface area contributed by atoms with E-state index in [4.69, 9.17) is 4.74 Å². The van der Waals surface area contributed by atoms with Crippen molar-refractivity contribution in [1.82, 2.24) is 4.90 Å². The molecule has 5 heteroatoms. The number of carboxylic acids is 1. The predicted octanol–water partition coefficient (Wildman–Crippen LogP) is 1.30. The summed E-state index contributed by atoms with van der Waals surface area (Å²) in [6.45, 7) is 0. The van der Waals surface area contributed by atoms with Crippen molar-refractivity contribution in [1.29, 1.82) is 0 Å². The van der Waals surface area contributed by atoms with E-state index < -0.39 is 17.9 Å². The molecule has 0 aliphatic carbocycles. The van der Waals surface area contributed by atoms with Gasteiger partial charge in [-0.05, 0) is 6.07 Å². The van der Waals surface area contributed by atoms with Gasteiger partial charge in [0, 0.05) is 19.0 Å². The van der Waals surface area contributed by atoms with E-state index in [1.165, 1.54) is 12.0 Å². The van der Waals surface area contributed by atoms with E-state index in [-0.39, 0.29) is 12.3 Å². The molecule has 5 nitrogen and oxygen atoms in total. The van der Waals surface area contributed by atoms with Gasteiger partial charge in [-0.1, -0.05) is 18.2 Å². The van der Waals surface area contributed by atoms with E-state index in [9.17, 15) is 14.7 Å². The van der Waals surface area contributed by atoms with Gasteiger partial charge in [0.25, 0.3) is 0 Å². The number of likely N-dealkylation sites (tertiary alicyclic amines) is 1. The van der Waals surface area contributed by atoms with E-state index in [1.54, 1.807) is 19.2 Å². The van der Waals surface area contributed by atoms with E-state index in [0.29, 0.717) is 5.75 Å². The van der Waals surface area contributed by atoms with Crippen molar-refractivity contribution < 1.29 is 19.4 Å². The molecule has 1 aliphatic rings. The van der Waals surface area contributed by atoms with Crippen LogP contribution < -0.4 is 4.74 Å². The number of aliphatic carboxylic acids is 1. The Balaban J connectivity index is 2.46. The van der Waals surface area contributed by atoms with E-state index >= 15 is 0 Å². The van der Waals surface area contributed by atoms with Crippen molar-refractivity contribution in [2.75, 3.05) is 14.2 Å². The fourth-order valence-electron chi connectivity index (χ4n) is 2.43. The normalized spacial score (nSPS) is 23.2. The first kappa shape index (κ1) is 12.4. The molecule has 1 aliphatic heterocycles. The van der Waals surface area contributed by atoms with Crippen LogP contribution in [0.3, 0.4) is 0 Å². The second kappa shape index (κ2) is 4.68. The lowest BCUT2D eigenvalue weighted by molar-refractivity contribution is -0.142. The predicted molar refractivity (Wildman–Crippen MR) is 64.2 cm³/mol. The number of carbonyl (C=O) groups is 2. The molecule has 1 saturated heterocycles. The quantitative estimate of drug-likeness (QED) is 0.876. The van der Waals surface area contributed by atoms with Crippen molar-refractivity contribution in [3.05, 3.63) is 29.8 Å². The summed E-state index contributed by atoms with van der Waals surface area (Å²) in [5, 5.41) is 9.22. The fourth-order valence-corrected chi connectivity index (χ4v) is 2.43. The molecular weight excluding hydrogens is 234 g/mol. The molecule has 18 heavy (non-hydrogen) atoms. The van der Waals surface area contributed by atoms with Gasteiger partial charge in [-0.2, -0.15) is 0 Å². The number of carboxylic acid groups (broad SMARTS) is 1. The Bertz CT molecular complexity index is 486. The van der Waals surface area contributed by atoms with Gasteiger partial charge in [0.05, 0.1) is 19.1 Å². The first-order valence-electron chi connectivity index (χ1n) is 5.67. The average molecular weight is 249 g/mol. The summed E-state index contributed by atoms with van der Waals surface area (Å²) >= 11 is 0. The SMILES string of the molecule is COc1ccccc1[C@@H]1[C@H](C(=O)O)CC(=O)N1C. The smallest absolute Gasteiger partial charge is 0.309 e. The van der Waals surface area contributed by atoms with Crippen molar-refractivity contribution in [2.45, 2.75) is 12.5 Å². The van der Waals surface area contributed by atoms with E-state index in [2.05, 4.69) is 0 Å². The molecule has 2 atom stereocenters. The van der Waals surface area contributed by atoms with E-state index in [0.717, 1.165) is 5.56 Å². The third-order valence-electron chi connectivity index (χ3n) is 3.36. The number of carbonyl (C=O) groups excluding carboxylic acids is 1. The summed E-state index contributed by atoms with van der Waals surface area (Å²) in [4.78, 5) is 24.4. The highest BCUT2D eigenvalue weighted by Gasteiger charge is 2.43. The molecule has 1 aromatic rings. The maximum absolute atomic E-state index is 11.7. The van der Waals surface area contributed by atoms with Crippen molar-refractivity contribution >= 4 is 11.9 Å². The number of rotatable bonds is 3. The Kier molecular flexibility index (Phi) is 3.23. The zero-order valence-corrected chi connectivity index (χ0v) is 10.3. The van der Waals surface area contributed by atoms with Gasteiger partial charge in [0.1, 0.15) is 5.75 Å². The molecule has 0 bridgehead atoms. The molecule has 1 amide bonds. The van der Waals surface area contributed by atoms with Gasteiger partial charge in [-0.3, -0.25) is 9.59 Å². The third-order valence-corrected chi connectivity index (χ3v) is 3.36. The maximum atomic E-state index is 11.7. The van der Waals surface area contributed by atoms with Gasteiger partial charge >= 0.3 is 5.97 Å². The van der Waals surface area contributed by atoms with Crippen LogP contribution in [-0.4, -0.2) is 36.0 Å².